The van der Waals surface area contributed by atoms with E-state index in [-0.39, 0.29) is 49.7 Å². The monoisotopic (exact) mass is 686 g/mol. The van der Waals surface area contributed by atoms with Crippen LogP contribution in [0.2, 0.25) is 0 Å². The van der Waals surface area contributed by atoms with Crippen LogP contribution in [0.25, 0.3) is 10.8 Å². The molecule has 2 aliphatic rings. The lowest BCUT2D eigenvalue weighted by atomic mass is 9.99. The molecular formula is C36H39FN6O5S. The second-order valence-corrected chi connectivity index (χ2v) is 14.5. The Morgan fingerprint density at radius 3 is 2.31 bits per heavy atom. The van der Waals surface area contributed by atoms with Crippen molar-refractivity contribution in [2.45, 2.75) is 51.6 Å². The lowest BCUT2D eigenvalue weighted by Crippen LogP contribution is -2.66. The van der Waals surface area contributed by atoms with E-state index in [9.17, 15) is 27.2 Å². The van der Waals surface area contributed by atoms with Gasteiger partial charge in [-0.3, -0.25) is 19.3 Å². The Kier molecular flexibility index (Phi) is 9.57. The van der Waals surface area contributed by atoms with E-state index >= 15 is 0 Å². The van der Waals surface area contributed by atoms with E-state index in [0.717, 1.165) is 33.7 Å². The van der Waals surface area contributed by atoms with Crippen LogP contribution in [0.4, 0.5) is 14.9 Å². The van der Waals surface area contributed by atoms with Crippen molar-refractivity contribution in [3.05, 3.63) is 114 Å². The van der Waals surface area contributed by atoms with Gasteiger partial charge in [-0.1, -0.05) is 66.7 Å². The van der Waals surface area contributed by atoms with Gasteiger partial charge in [0.05, 0.1) is 19.3 Å². The van der Waals surface area contributed by atoms with Gasteiger partial charge in [-0.25, -0.2) is 17.6 Å². The van der Waals surface area contributed by atoms with Crippen LogP contribution in [-0.2, 0) is 39.1 Å². The van der Waals surface area contributed by atoms with Gasteiger partial charge < -0.3 is 15.1 Å². The van der Waals surface area contributed by atoms with Crippen LogP contribution >= 0.6 is 0 Å². The standard InChI is InChI=1S/C36H39FN6O5S/c1-24(2)43(36(46)38-20-26-11-15-29(37)16-12-26)41-23-34(44)42-32(19-25-13-17-30(18-14-25)39-49(3,47)48)35(45)40(22-33(41)42)21-28-9-6-8-27-7-4-5-10-31(27)28/h4-18,24,32-33,39H,19-23H2,1-3H3,(H,38,46)/t32-,33+/m0/s1. The first-order valence-corrected chi connectivity index (χ1v) is 18.0. The summed E-state index contributed by atoms with van der Waals surface area (Å²) in [5.74, 6) is -0.861. The number of urea groups is 1. The van der Waals surface area contributed by atoms with Crippen molar-refractivity contribution in [1.82, 2.24) is 25.1 Å². The summed E-state index contributed by atoms with van der Waals surface area (Å²) in [7, 11) is -3.47. The van der Waals surface area contributed by atoms with Crippen molar-refractivity contribution < 1.29 is 27.2 Å². The van der Waals surface area contributed by atoms with Crippen molar-refractivity contribution in [3.63, 3.8) is 0 Å². The molecule has 49 heavy (non-hydrogen) atoms. The number of hydrazine groups is 1. The fraction of sp³-hybridized carbons (Fsp3) is 0.306. The number of fused-ring (bicyclic) bond motifs is 2. The SMILES string of the molecule is CC(C)N(C(=O)NCc1ccc(F)cc1)N1CC(=O)N2[C@@H](Cc3ccc(NS(C)(=O)=O)cc3)C(=O)N(Cc3cccc4ccccc34)C[C@@H]21. The number of nitrogens with one attached hydrogen (secondary N) is 2. The van der Waals surface area contributed by atoms with Gasteiger partial charge in [-0.15, -0.1) is 0 Å². The Morgan fingerprint density at radius 2 is 1.61 bits per heavy atom. The van der Waals surface area contributed by atoms with E-state index in [1.165, 1.54) is 17.1 Å². The van der Waals surface area contributed by atoms with Crippen LogP contribution in [0.15, 0.2) is 91.0 Å². The number of sulfonamides is 1. The minimum absolute atomic E-state index is 0.101. The van der Waals surface area contributed by atoms with E-state index in [1.54, 1.807) is 51.2 Å². The molecule has 0 radical (unpaired) electrons. The lowest BCUT2D eigenvalue weighted by Gasteiger charge is -2.47. The third-order valence-corrected chi connectivity index (χ3v) is 9.43. The molecule has 2 fully saturated rings. The molecule has 6 rings (SSSR count). The maximum atomic E-state index is 14.3. The zero-order valence-corrected chi connectivity index (χ0v) is 28.4. The summed E-state index contributed by atoms with van der Waals surface area (Å²) in [4.78, 5) is 45.2. The summed E-state index contributed by atoms with van der Waals surface area (Å²) >= 11 is 0. The highest BCUT2D eigenvalue weighted by atomic mass is 32.2. The minimum Gasteiger partial charge on any atom is -0.333 e. The molecule has 0 aromatic heterocycles. The summed E-state index contributed by atoms with van der Waals surface area (Å²) in [5.41, 5.74) is 2.81. The Morgan fingerprint density at radius 1 is 0.939 bits per heavy atom. The van der Waals surface area contributed by atoms with Crippen LogP contribution in [0.1, 0.15) is 30.5 Å². The number of amides is 4. The minimum atomic E-state index is -3.47. The zero-order chi connectivity index (χ0) is 34.9. The number of hydrogen-bond donors (Lipinski definition) is 2. The Labute approximate surface area is 285 Å². The van der Waals surface area contributed by atoms with Crippen molar-refractivity contribution in [2.75, 3.05) is 24.1 Å². The molecular weight excluding hydrogens is 647 g/mol. The fourth-order valence-electron chi connectivity index (χ4n) is 6.65. The topological polar surface area (TPSA) is 122 Å². The van der Waals surface area contributed by atoms with E-state index < -0.39 is 28.3 Å². The number of hydrogen-bond acceptors (Lipinski definition) is 6. The highest BCUT2D eigenvalue weighted by Gasteiger charge is 2.52. The first-order chi connectivity index (χ1) is 23.4. The van der Waals surface area contributed by atoms with Gasteiger partial charge in [0.1, 0.15) is 18.0 Å². The van der Waals surface area contributed by atoms with Crippen LogP contribution in [0.5, 0.6) is 0 Å². The van der Waals surface area contributed by atoms with Gasteiger partial charge in [0.2, 0.25) is 21.8 Å². The van der Waals surface area contributed by atoms with E-state index in [0.29, 0.717) is 12.2 Å². The second kappa shape index (κ2) is 13.8. The number of halogens is 1. The molecule has 2 atom stereocenters. The molecule has 2 saturated heterocycles. The van der Waals surface area contributed by atoms with E-state index in [1.807, 2.05) is 56.3 Å². The number of carbonyl (C=O) groups is 3. The van der Waals surface area contributed by atoms with E-state index in [4.69, 9.17) is 0 Å². The number of rotatable bonds is 10. The highest BCUT2D eigenvalue weighted by Crippen LogP contribution is 2.32. The molecule has 2 N–H and O–H groups in total. The first-order valence-electron chi connectivity index (χ1n) is 16.1. The summed E-state index contributed by atoms with van der Waals surface area (Å²) < 4.78 is 39.3. The Bertz CT molecular complexity index is 1970. The largest absolute Gasteiger partial charge is 0.333 e. The Balaban J connectivity index is 1.31. The van der Waals surface area contributed by atoms with Crippen LogP contribution < -0.4 is 10.0 Å². The van der Waals surface area contributed by atoms with Crippen molar-refractivity contribution in [3.8, 4) is 0 Å². The maximum absolute atomic E-state index is 14.3. The highest BCUT2D eigenvalue weighted by molar-refractivity contribution is 7.92. The molecule has 13 heteroatoms. The Hall–Kier alpha value is -5.01. The first kappa shape index (κ1) is 33.9. The molecule has 0 saturated carbocycles. The summed E-state index contributed by atoms with van der Waals surface area (Å²) in [6, 6.07) is 24.9. The summed E-state index contributed by atoms with van der Waals surface area (Å²) in [5, 5.41) is 8.24. The summed E-state index contributed by atoms with van der Waals surface area (Å²) in [6.45, 7) is 4.26. The van der Waals surface area contributed by atoms with Gasteiger partial charge in [-0.2, -0.15) is 5.01 Å². The molecule has 2 heterocycles. The molecule has 4 aromatic carbocycles. The van der Waals surface area contributed by atoms with Gasteiger partial charge >= 0.3 is 6.03 Å². The smallest absolute Gasteiger partial charge is 0.332 e. The maximum Gasteiger partial charge on any atom is 0.332 e. The number of benzene rings is 4. The molecule has 4 aromatic rings. The number of anilines is 1. The predicted octanol–water partition coefficient (Wildman–Crippen LogP) is 4.31. The molecule has 4 amide bonds. The van der Waals surface area contributed by atoms with E-state index in [2.05, 4.69) is 10.0 Å². The van der Waals surface area contributed by atoms with Gasteiger partial charge in [-0.05, 0) is 65.6 Å². The van der Waals surface area contributed by atoms with Crippen molar-refractivity contribution >= 4 is 44.3 Å². The zero-order valence-electron chi connectivity index (χ0n) is 27.5. The molecule has 0 unspecified atom stereocenters. The number of carbonyl (C=O) groups excluding carboxylic acids is 3. The molecule has 0 aliphatic carbocycles. The quantitative estimate of drug-likeness (QED) is 0.257. The van der Waals surface area contributed by atoms with Gasteiger partial charge in [0, 0.05) is 31.2 Å². The molecule has 2 aliphatic heterocycles. The van der Waals surface area contributed by atoms with Crippen LogP contribution in [0, 0.1) is 5.82 Å². The molecule has 0 bridgehead atoms. The summed E-state index contributed by atoms with van der Waals surface area (Å²) in [6.07, 6.45) is 0.634. The van der Waals surface area contributed by atoms with Crippen LogP contribution in [0.3, 0.4) is 0 Å². The lowest BCUT2D eigenvalue weighted by molar-refractivity contribution is -0.158. The molecule has 256 valence electrons. The average Bonchev–Trinajstić information content (AvgIpc) is 3.37. The van der Waals surface area contributed by atoms with Crippen molar-refractivity contribution in [1.29, 1.82) is 0 Å². The van der Waals surface area contributed by atoms with Gasteiger partial charge in [0.25, 0.3) is 0 Å². The molecule has 0 spiro atoms. The van der Waals surface area contributed by atoms with Crippen molar-refractivity contribution in [2.24, 2.45) is 0 Å². The third kappa shape index (κ3) is 7.52. The average molecular weight is 687 g/mol. The molecule has 11 nitrogen and oxygen atoms in total. The number of piperazine rings is 1. The normalized spacial score (nSPS) is 18.2. The fourth-order valence-corrected chi connectivity index (χ4v) is 7.22. The van der Waals surface area contributed by atoms with Gasteiger partial charge in [0.15, 0.2) is 0 Å². The predicted molar refractivity (Wildman–Crippen MR) is 185 cm³/mol. The van der Waals surface area contributed by atoms with Crippen LogP contribution in [-0.4, -0.2) is 83.7 Å². The third-order valence-electron chi connectivity index (χ3n) is 8.82. The second-order valence-electron chi connectivity index (χ2n) is 12.8. The number of nitrogens with zero attached hydrogens (tertiary/aromatic N) is 4.